The number of aliphatic imine (C=N–C) groups is 1. The molecule has 0 amide bonds. The molecule has 0 radical (unpaired) electrons. The van der Waals surface area contributed by atoms with Gasteiger partial charge in [0.2, 0.25) is 0 Å². The normalized spacial score (nSPS) is 13.7. The highest BCUT2D eigenvalue weighted by molar-refractivity contribution is 14.0. The summed E-state index contributed by atoms with van der Waals surface area (Å²) in [6.07, 6.45) is 0. The maximum Gasteiger partial charge on any atom is 0.191 e. The van der Waals surface area contributed by atoms with Gasteiger partial charge in [-0.25, -0.2) is 0 Å². The Morgan fingerprint density at radius 2 is 2.05 bits per heavy atom. The third-order valence-electron chi connectivity index (χ3n) is 3.87. The molecule has 1 atom stereocenters. The summed E-state index contributed by atoms with van der Waals surface area (Å²) in [4.78, 5) is 6.92. The van der Waals surface area contributed by atoms with Crippen molar-refractivity contribution in [3.05, 3.63) is 22.4 Å². The Bertz CT molecular complexity index is 429. The average Bonchev–Trinajstić information content (AvgIpc) is 2.95. The molecule has 1 aromatic rings. The number of rotatable bonds is 7. The lowest BCUT2D eigenvalue weighted by atomic mass is 10.1. The van der Waals surface area contributed by atoms with Crippen molar-refractivity contribution in [1.82, 2.24) is 15.5 Å². The smallest absolute Gasteiger partial charge is 0.191 e. The molecule has 0 spiro atoms. The molecule has 128 valence electrons. The van der Waals surface area contributed by atoms with Crippen LogP contribution >= 0.6 is 35.3 Å². The van der Waals surface area contributed by atoms with Gasteiger partial charge in [-0.1, -0.05) is 6.92 Å². The van der Waals surface area contributed by atoms with Gasteiger partial charge in [0.15, 0.2) is 5.96 Å². The second-order valence-corrected chi connectivity index (χ2v) is 7.02. The first-order valence-corrected chi connectivity index (χ1v) is 8.52. The van der Waals surface area contributed by atoms with Crippen molar-refractivity contribution < 1.29 is 0 Å². The van der Waals surface area contributed by atoms with E-state index in [0.717, 1.165) is 25.6 Å². The van der Waals surface area contributed by atoms with E-state index in [-0.39, 0.29) is 29.5 Å². The molecule has 0 saturated carbocycles. The highest BCUT2D eigenvalue weighted by Crippen LogP contribution is 2.17. The van der Waals surface area contributed by atoms with Gasteiger partial charge in [0.25, 0.3) is 0 Å². The lowest BCUT2D eigenvalue weighted by Gasteiger charge is -2.31. The molecule has 1 heterocycles. The first-order valence-electron chi connectivity index (χ1n) is 7.58. The number of halogens is 1. The number of thiophene rings is 1. The topological polar surface area (TPSA) is 39.7 Å². The van der Waals surface area contributed by atoms with Gasteiger partial charge >= 0.3 is 0 Å². The molecular weight excluding hydrogens is 407 g/mol. The van der Waals surface area contributed by atoms with Crippen molar-refractivity contribution in [3.63, 3.8) is 0 Å². The van der Waals surface area contributed by atoms with Crippen molar-refractivity contribution in [2.75, 3.05) is 33.7 Å². The second-order valence-electron chi connectivity index (χ2n) is 6.24. The lowest BCUT2D eigenvalue weighted by molar-refractivity contribution is 0.204. The first kappa shape index (κ1) is 21.7. The summed E-state index contributed by atoms with van der Waals surface area (Å²) < 4.78 is 0. The largest absolute Gasteiger partial charge is 0.357 e. The van der Waals surface area contributed by atoms with Gasteiger partial charge in [-0.2, -0.15) is 11.3 Å². The van der Waals surface area contributed by atoms with Crippen LogP contribution in [-0.4, -0.2) is 50.1 Å². The summed E-state index contributed by atoms with van der Waals surface area (Å²) in [5.41, 5.74) is 1.44. The highest BCUT2D eigenvalue weighted by atomic mass is 127. The van der Waals surface area contributed by atoms with Crippen LogP contribution in [0.3, 0.4) is 0 Å². The molecule has 0 aliphatic rings. The predicted molar refractivity (Wildman–Crippen MR) is 110 cm³/mol. The van der Waals surface area contributed by atoms with Crippen LogP contribution in [0.25, 0.3) is 0 Å². The quantitative estimate of drug-likeness (QED) is 0.390. The highest BCUT2D eigenvalue weighted by Gasteiger charge is 2.20. The Balaban J connectivity index is 0.00000441. The van der Waals surface area contributed by atoms with E-state index < -0.39 is 0 Å². The SMILES string of the molecule is CCNC(=NCC(C)(C)N(C)C)NCC(C)c1ccsc1.I. The third kappa shape index (κ3) is 7.28. The van der Waals surface area contributed by atoms with E-state index in [1.54, 1.807) is 11.3 Å². The maximum atomic E-state index is 4.72. The minimum Gasteiger partial charge on any atom is -0.357 e. The molecule has 1 aromatic heterocycles. The molecule has 0 aliphatic heterocycles. The number of hydrogen-bond acceptors (Lipinski definition) is 3. The molecule has 0 fully saturated rings. The Kier molecular flexibility index (Phi) is 10.3. The average molecular weight is 438 g/mol. The monoisotopic (exact) mass is 438 g/mol. The Morgan fingerprint density at radius 1 is 1.36 bits per heavy atom. The molecule has 4 nitrogen and oxygen atoms in total. The van der Waals surface area contributed by atoms with Crippen LogP contribution in [0.1, 0.15) is 39.2 Å². The summed E-state index contributed by atoms with van der Waals surface area (Å²) >= 11 is 1.75. The Hall–Kier alpha value is -0.340. The van der Waals surface area contributed by atoms with Crippen molar-refractivity contribution in [3.8, 4) is 0 Å². The zero-order valence-electron chi connectivity index (χ0n) is 14.6. The van der Waals surface area contributed by atoms with Gasteiger partial charge in [0.05, 0.1) is 6.54 Å². The van der Waals surface area contributed by atoms with E-state index in [9.17, 15) is 0 Å². The maximum absolute atomic E-state index is 4.72. The number of guanidine groups is 1. The molecule has 0 aliphatic carbocycles. The predicted octanol–water partition coefficient (Wildman–Crippen LogP) is 3.36. The van der Waals surface area contributed by atoms with E-state index in [1.165, 1.54) is 5.56 Å². The summed E-state index contributed by atoms with van der Waals surface area (Å²) in [6.45, 7) is 11.3. The molecule has 0 aromatic carbocycles. The van der Waals surface area contributed by atoms with Gasteiger partial charge in [0.1, 0.15) is 0 Å². The Morgan fingerprint density at radius 3 is 2.55 bits per heavy atom. The summed E-state index contributed by atoms with van der Waals surface area (Å²) in [6, 6.07) is 2.19. The molecule has 2 N–H and O–H groups in total. The fourth-order valence-electron chi connectivity index (χ4n) is 1.68. The van der Waals surface area contributed by atoms with Crippen molar-refractivity contribution in [2.24, 2.45) is 4.99 Å². The number of nitrogens with zero attached hydrogens (tertiary/aromatic N) is 2. The standard InChI is InChI=1S/C16H30N4S.HI/c1-7-17-15(19-12-16(3,4)20(5)6)18-10-13(2)14-8-9-21-11-14;/h8-9,11,13H,7,10,12H2,1-6H3,(H2,17,18,19);1H. The fraction of sp³-hybridized carbons (Fsp3) is 0.688. The molecule has 0 bridgehead atoms. The van der Waals surface area contributed by atoms with Crippen LogP contribution < -0.4 is 10.6 Å². The van der Waals surface area contributed by atoms with Gasteiger partial charge in [-0.3, -0.25) is 4.99 Å². The van der Waals surface area contributed by atoms with Crippen LogP contribution in [0.15, 0.2) is 21.8 Å². The number of nitrogens with one attached hydrogen (secondary N) is 2. The minimum absolute atomic E-state index is 0. The molecular formula is C16H31IN4S. The fourth-order valence-corrected chi connectivity index (χ4v) is 2.46. The molecule has 0 saturated heterocycles. The van der Waals surface area contributed by atoms with E-state index >= 15 is 0 Å². The lowest BCUT2D eigenvalue weighted by Crippen LogP contribution is -2.44. The summed E-state index contributed by atoms with van der Waals surface area (Å²) in [7, 11) is 4.18. The van der Waals surface area contributed by atoms with E-state index in [0.29, 0.717) is 5.92 Å². The Labute approximate surface area is 156 Å². The van der Waals surface area contributed by atoms with Crippen molar-refractivity contribution >= 4 is 41.3 Å². The minimum atomic E-state index is 0. The van der Waals surface area contributed by atoms with Gasteiger partial charge in [-0.05, 0) is 63.2 Å². The summed E-state index contributed by atoms with van der Waals surface area (Å²) in [5, 5.41) is 11.1. The molecule has 6 heteroatoms. The van der Waals surface area contributed by atoms with Crippen molar-refractivity contribution in [1.29, 1.82) is 0 Å². The molecule has 22 heavy (non-hydrogen) atoms. The zero-order chi connectivity index (χ0) is 15.9. The van der Waals surface area contributed by atoms with Crippen LogP contribution in [-0.2, 0) is 0 Å². The number of likely N-dealkylation sites (N-methyl/N-ethyl adjacent to an activating group) is 1. The zero-order valence-corrected chi connectivity index (χ0v) is 17.8. The van der Waals surface area contributed by atoms with Gasteiger partial charge < -0.3 is 15.5 Å². The van der Waals surface area contributed by atoms with E-state index in [2.05, 4.69) is 74.2 Å². The van der Waals surface area contributed by atoms with E-state index in [4.69, 9.17) is 4.99 Å². The molecule has 1 rings (SSSR count). The van der Waals surface area contributed by atoms with Crippen LogP contribution in [0.4, 0.5) is 0 Å². The van der Waals surface area contributed by atoms with Crippen LogP contribution in [0.2, 0.25) is 0 Å². The first-order chi connectivity index (χ1) is 9.86. The summed E-state index contributed by atoms with van der Waals surface area (Å²) in [5.74, 6) is 1.39. The van der Waals surface area contributed by atoms with E-state index in [1.807, 2.05) is 0 Å². The van der Waals surface area contributed by atoms with Gasteiger partial charge in [-0.15, -0.1) is 24.0 Å². The van der Waals surface area contributed by atoms with Crippen molar-refractivity contribution in [2.45, 2.75) is 39.2 Å². The third-order valence-corrected chi connectivity index (χ3v) is 4.57. The van der Waals surface area contributed by atoms with Crippen LogP contribution in [0, 0.1) is 0 Å². The molecule has 1 unspecified atom stereocenters. The van der Waals surface area contributed by atoms with Gasteiger partial charge in [0, 0.05) is 18.6 Å². The number of hydrogen-bond donors (Lipinski definition) is 2. The van der Waals surface area contributed by atoms with Crippen LogP contribution in [0.5, 0.6) is 0 Å². The second kappa shape index (κ2) is 10.4.